The van der Waals surface area contributed by atoms with Crippen molar-refractivity contribution >= 4 is 6.21 Å². The molecule has 0 aromatic heterocycles. The first-order chi connectivity index (χ1) is 9.76. The number of hydrogen-bond donors (Lipinski definition) is 0. The van der Waals surface area contributed by atoms with Crippen LogP contribution >= 0.6 is 0 Å². The SMILES string of the molecule is CCCCCCC1CC(CC)C=[N+]2CCCC12OCC. The number of rotatable bonds is 8. The van der Waals surface area contributed by atoms with Gasteiger partial charge in [-0.2, -0.15) is 0 Å². The molecule has 3 unspecified atom stereocenters. The Labute approximate surface area is 125 Å². The molecule has 3 atom stereocenters. The number of fused-ring (bicyclic) bond motifs is 1. The molecule has 0 saturated carbocycles. The third-order valence-electron chi connectivity index (χ3n) is 5.36. The average Bonchev–Trinajstić information content (AvgIpc) is 2.87. The standard InChI is InChI=1S/C18H34NO/c1-4-7-8-9-11-17-14-16(5-2)15-19-13-10-12-18(17,19)20-6-3/h15-17H,4-14H2,1-3H3/q+1. The Morgan fingerprint density at radius 2 is 2.05 bits per heavy atom. The first kappa shape index (κ1) is 16.0. The minimum absolute atomic E-state index is 0.0621. The van der Waals surface area contributed by atoms with Crippen molar-refractivity contribution in [3.05, 3.63) is 0 Å². The molecule has 0 aliphatic carbocycles. The Balaban J connectivity index is 2.07. The van der Waals surface area contributed by atoms with E-state index < -0.39 is 0 Å². The second-order valence-corrected chi connectivity index (χ2v) is 6.67. The summed E-state index contributed by atoms with van der Waals surface area (Å²) in [6.07, 6.45) is 14.5. The zero-order valence-electron chi connectivity index (χ0n) is 13.9. The summed E-state index contributed by atoms with van der Waals surface area (Å²) < 4.78 is 8.93. The van der Waals surface area contributed by atoms with Gasteiger partial charge in [-0.3, -0.25) is 0 Å². The van der Waals surface area contributed by atoms with Gasteiger partial charge < -0.3 is 4.74 Å². The van der Waals surface area contributed by atoms with E-state index in [1.165, 1.54) is 64.3 Å². The van der Waals surface area contributed by atoms with Crippen molar-refractivity contribution in [2.75, 3.05) is 13.2 Å². The second-order valence-electron chi connectivity index (χ2n) is 6.67. The number of nitrogens with zero attached hydrogens (tertiary/aromatic N) is 1. The maximum atomic E-state index is 6.35. The van der Waals surface area contributed by atoms with Gasteiger partial charge in [0, 0.05) is 18.8 Å². The zero-order valence-corrected chi connectivity index (χ0v) is 13.9. The minimum atomic E-state index is 0.0621. The molecule has 2 aliphatic heterocycles. The fourth-order valence-corrected chi connectivity index (χ4v) is 4.30. The van der Waals surface area contributed by atoms with Crippen molar-refractivity contribution < 1.29 is 9.31 Å². The summed E-state index contributed by atoms with van der Waals surface area (Å²) in [5.74, 6) is 1.52. The van der Waals surface area contributed by atoms with Crippen molar-refractivity contribution in [3.63, 3.8) is 0 Å². The second kappa shape index (κ2) is 7.59. The molecule has 0 bridgehead atoms. The molecule has 20 heavy (non-hydrogen) atoms. The maximum absolute atomic E-state index is 6.35. The van der Waals surface area contributed by atoms with Gasteiger partial charge in [0.25, 0.3) is 5.72 Å². The largest absolute Gasteiger partial charge is 0.319 e. The van der Waals surface area contributed by atoms with E-state index in [0.717, 1.165) is 18.4 Å². The first-order valence-electron chi connectivity index (χ1n) is 9.02. The third-order valence-corrected chi connectivity index (χ3v) is 5.36. The maximum Gasteiger partial charge on any atom is 0.269 e. The monoisotopic (exact) mass is 280 g/mol. The molecule has 1 fully saturated rings. The van der Waals surface area contributed by atoms with E-state index in [4.69, 9.17) is 4.74 Å². The van der Waals surface area contributed by atoms with Crippen LogP contribution in [0.3, 0.4) is 0 Å². The molecule has 2 heterocycles. The Bertz CT molecular complexity index is 325. The quantitative estimate of drug-likeness (QED) is 0.467. The summed E-state index contributed by atoms with van der Waals surface area (Å²) in [6, 6.07) is 0. The molecule has 0 amide bonds. The molecule has 116 valence electrons. The molecule has 0 radical (unpaired) electrons. The number of hydrogen-bond acceptors (Lipinski definition) is 1. The lowest BCUT2D eigenvalue weighted by Crippen LogP contribution is -2.52. The summed E-state index contributed by atoms with van der Waals surface area (Å²) in [6.45, 7) is 8.85. The highest BCUT2D eigenvalue weighted by atomic mass is 16.5. The Hall–Kier alpha value is -0.370. The molecular weight excluding hydrogens is 246 g/mol. The van der Waals surface area contributed by atoms with Crippen molar-refractivity contribution in [1.82, 2.24) is 0 Å². The first-order valence-corrected chi connectivity index (χ1v) is 9.02. The number of ether oxygens (including phenoxy) is 1. The van der Waals surface area contributed by atoms with Gasteiger partial charge in [-0.05, 0) is 26.2 Å². The summed E-state index contributed by atoms with van der Waals surface area (Å²) in [5.41, 5.74) is 0.0621. The van der Waals surface area contributed by atoms with Crippen LogP contribution in [0, 0.1) is 11.8 Å². The Morgan fingerprint density at radius 3 is 2.75 bits per heavy atom. The van der Waals surface area contributed by atoms with Gasteiger partial charge in [0.2, 0.25) is 0 Å². The lowest BCUT2D eigenvalue weighted by Gasteiger charge is -2.38. The van der Waals surface area contributed by atoms with Crippen LogP contribution in [0.4, 0.5) is 0 Å². The summed E-state index contributed by atoms with van der Waals surface area (Å²) >= 11 is 0. The molecule has 2 nitrogen and oxygen atoms in total. The van der Waals surface area contributed by atoms with Crippen LogP contribution in [0.2, 0.25) is 0 Å². The summed E-state index contributed by atoms with van der Waals surface area (Å²) in [4.78, 5) is 0. The van der Waals surface area contributed by atoms with Gasteiger partial charge in [-0.1, -0.05) is 39.5 Å². The van der Waals surface area contributed by atoms with E-state index in [2.05, 4.69) is 31.6 Å². The molecule has 2 rings (SSSR count). The van der Waals surface area contributed by atoms with Crippen molar-refractivity contribution in [2.24, 2.45) is 11.8 Å². The Kier molecular flexibility index (Phi) is 6.07. The van der Waals surface area contributed by atoms with Crippen LogP contribution in [-0.2, 0) is 4.74 Å². The lowest BCUT2D eigenvalue weighted by atomic mass is 9.78. The van der Waals surface area contributed by atoms with Gasteiger partial charge in [0.1, 0.15) is 12.8 Å². The fraction of sp³-hybridized carbons (Fsp3) is 0.944. The molecule has 0 aromatic rings. The summed E-state index contributed by atoms with van der Waals surface area (Å²) in [5, 5.41) is 0. The highest BCUT2D eigenvalue weighted by Crippen LogP contribution is 2.43. The highest BCUT2D eigenvalue weighted by molar-refractivity contribution is 5.56. The third kappa shape index (κ3) is 3.27. The van der Waals surface area contributed by atoms with E-state index in [-0.39, 0.29) is 5.72 Å². The molecule has 0 spiro atoms. The van der Waals surface area contributed by atoms with Crippen LogP contribution in [0.5, 0.6) is 0 Å². The predicted octanol–water partition coefficient (Wildman–Crippen LogP) is 4.61. The van der Waals surface area contributed by atoms with Crippen LogP contribution < -0.4 is 0 Å². The normalized spacial score (nSPS) is 33.0. The smallest absolute Gasteiger partial charge is 0.269 e. The van der Waals surface area contributed by atoms with E-state index in [9.17, 15) is 0 Å². The van der Waals surface area contributed by atoms with Gasteiger partial charge in [-0.15, -0.1) is 0 Å². The molecular formula is C18H34NO+. The Morgan fingerprint density at radius 1 is 1.20 bits per heavy atom. The van der Waals surface area contributed by atoms with E-state index in [1.54, 1.807) is 0 Å². The van der Waals surface area contributed by atoms with E-state index >= 15 is 0 Å². The zero-order chi connectivity index (χ0) is 14.4. The highest BCUT2D eigenvalue weighted by Gasteiger charge is 2.55. The van der Waals surface area contributed by atoms with Crippen LogP contribution in [0.15, 0.2) is 0 Å². The summed E-state index contributed by atoms with van der Waals surface area (Å²) in [7, 11) is 0. The predicted molar refractivity (Wildman–Crippen MR) is 85.4 cm³/mol. The van der Waals surface area contributed by atoms with Crippen molar-refractivity contribution in [1.29, 1.82) is 0 Å². The topological polar surface area (TPSA) is 12.2 Å². The lowest BCUT2D eigenvalue weighted by molar-refractivity contribution is -0.656. The van der Waals surface area contributed by atoms with Gasteiger partial charge in [0.15, 0.2) is 0 Å². The van der Waals surface area contributed by atoms with E-state index in [1.807, 2.05) is 0 Å². The molecule has 0 N–H and O–H groups in total. The average molecular weight is 280 g/mol. The fourth-order valence-electron chi connectivity index (χ4n) is 4.30. The number of unbranched alkanes of at least 4 members (excludes halogenated alkanes) is 3. The minimum Gasteiger partial charge on any atom is -0.319 e. The van der Waals surface area contributed by atoms with E-state index in [0.29, 0.717) is 0 Å². The van der Waals surface area contributed by atoms with Crippen molar-refractivity contribution in [2.45, 2.75) is 84.3 Å². The van der Waals surface area contributed by atoms with Gasteiger partial charge in [0.05, 0.1) is 12.5 Å². The van der Waals surface area contributed by atoms with Crippen LogP contribution in [0.25, 0.3) is 0 Å². The molecule has 0 aromatic carbocycles. The van der Waals surface area contributed by atoms with Gasteiger partial charge in [-0.25, -0.2) is 4.58 Å². The molecule has 2 aliphatic rings. The van der Waals surface area contributed by atoms with Gasteiger partial charge >= 0.3 is 0 Å². The van der Waals surface area contributed by atoms with Crippen molar-refractivity contribution in [3.8, 4) is 0 Å². The molecule has 2 heteroatoms. The van der Waals surface area contributed by atoms with Crippen LogP contribution in [0.1, 0.15) is 78.6 Å². The molecule has 1 saturated heterocycles. The van der Waals surface area contributed by atoms with Crippen LogP contribution in [-0.4, -0.2) is 29.7 Å².